The van der Waals surface area contributed by atoms with Gasteiger partial charge in [-0.15, -0.1) is 5.10 Å². The van der Waals surface area contributed by atoms with Gasteiger partial charge in [-0.3, -0.25) is 4.68 Å². The van der Waals surface area contributed by atoms with E-state index in [2.05, 4.69) is 15.6 Å². The van der Waals surface area contributed by atoms with E-state index >= 15 is 0 Å². The van der Waals surface area contributed by atoms with E-state index in [1.165, 1.54) is 0 Å². The summed E-state index contributed by atoms with van der Waals surface area (Å²) < 4.78 is 17.6. The number of nitrogens with one attached hydrogen (secondary N) is 1. The second-order valence-corrected chi connectivity index (χ2v) is 7.61. The van der Waals surface area contributed by atoms with Crippen molar-refractivity contribution in [2.45, 2.75) is 68.9 Å². The van der Waals surface area contributed by atoms with E-state index in [4.69, 9.17) is 14.2 Å². The van der Waals surface area contributed by atoms with E-state index < -0.39 is 36.6 Å². The monoisotopic (exact) mass is 448 g/mol. The third-order valence-corrected chi connectivity index (χ3v) is 5.13. The molecule has 1 aromatic heterocycles. The van der Waals surface area contributed by atoms with Crippen LogP contribution in [0.1, 0.15) is 25.0 Å². The van der Waals surface area contributed by atoms with Gasteiger partial charge in [-0.05, 0) is 19.3 Å². The van der Waals surface area contributed by atoms with Crippen molar-refractivity contribution in [2.24, 2.45) is 0 Å². The molecular weight excluding hydrogens is 412 g/mol. The van der Waals surface area contributed by atoms with Crippen molar-refractivity contribution in [1.29, 1.82) is 0 Å². The quantitative estimate of drug-likeness (QED) is 0.155. The minimum Gasteiger partial charge on any atom is -0.389 e. The van der Waals surface area contributed by atoms with Crippen LogP contribution in [0.15, 0.2) is 6.20 Å². The first-order valence-corrected chi connectivity index (χ1v) is 10.6. The number of aryl methyl sites for hydroxylation is 1. The third kappa shape index (κ3) is 8.33. The van der Waals surface area contributed by atoms with Crippen LogP contribution in [-0.2, 0) is 27.3 Å². The molecule has 0 aliphatic heterocycles. The van der Waals surface area contributed by atoms with Crippen molar-refractivity contribution >= 4 is 0 Å². The van der Waals surface area contributed by atoms with Gasteiger partial charge < -0.3 is 45.1 Å². The van der Waals surface area contributed by atoms with Crippen molar-refractivity contribution < 1.29 is 39.7 Å². The molecule has 12 heteroatoms. The van der Waals surface area contributed by atoms with Crippen LogP contribution >= 0.6 is 0 Å². The van der Waals surface area contributed by atoms with E-state index in [1.54, 1.807) is 18.0 Å². The largest absolute Gasteiger partial charge is 0.389 e. The maximum atomic E-state index is 10.0. The van der Waals surface area contributed by atoms with E-state index in [9.17, 15) is 25.5 Å². The summed E-state index contributed by atoms with van der Waals surface area (Å²) in [6, 6.07) is -1.02. The molecule has 0 amide bonds. The van der Waals surface area contributed by atoms with Gasteiger partial charge in [0.25, 0.3) is 0 Å². The Balaban J connectivity index is 1.58. The minimum absolute atomic E-state index is 0.162. The van der Waals surface area contributed by atoms with Gasteiger partial charge in [0, 0.05) is 59.4 Å². The molecule has 1 fully saturated rings. The van der Waals surface area contributed by atoms with Crippen molar-refractivity contribution in [2.75, 3.05) is 40.1 Å². The number of aliphatic hydroxyl groups excluding tert-OH is 5. The topological polar surface area (TPSA) is 172 Å². The second kappa shape index (κ2) is 14.0. The van der Waals surface area contributed by atoms with Gasteiger partial charge in [0.1, 0.15) is 30.5 Å². The smallest absolute Gasteiger partial charge is 0.111 e. The summed E-state index contributed by atoms with van der Waals surface area (Å²) >= 11 is 0. The zero-order valence-corrected chi connectivity index (χ0v) is 17.9. The SMILES string of the molecule is COCCCOCCCOCCCn1cc(CNC2C(O)C(O)C(O)C(O)C2O)nn1. The summed E-state index contributed by atoms with van der Waals surface area (Å²) in [7, 11) is 1.67. The lowest BCUT2D eigenvalue weighted by Gasteiger charge is -2.42. The van der Waals surface area contributed by atoms with Gasteiger partial charge in [-0.1, -0.05) is 5.21 Å². The van der Waals surface area contributed by atoms with E-state index in [0.717, 1.165) is 19.3 Å². The molecular formula is C19H36N4O8. The molecule has 6 N–H and O–H groups in total. The Morgan fingerprint density at radius 3 is 2.00 bits per heavy atom. The minimum atomic E-state index is -1.61. The summed E-state index contributed by atoms with van der Waals surface area (Å²) in [6.45, 7) is 4.08. The second-order valence-electron chi connectivity index (χ2n) is 7.61. The third-order valence-electron chi connectivity index (χ3n) is 5.13. The molecule has 31 heavy (non-hydrogen) atoms. The number of hydrogen-bond donors (Lipinski definition) is 6. The van der Waals surface area contributed by atoms with Gasteiger partial charge in [0.15, 0.2) is 0 Å². The number of rotatable bonds is 15. The first kappa shape index (κ1) is 26.0. The fourth-order valence-electron chi connectivity index (χ4n) is 3.33. The number of methoxy groups -OCH3 is 1. The molecule has 0 bridgehead atoms. The van der Waals surface area contributed by atoms with Crippen LogP contribution in [0.5, 0.6) is 0 Å². The average Bonchev–Trinajstić information content (AvgIpc) is 3.22. The Labute approximate surface area is 181 Å². The molecule has 4 atom stereocenters. The molecule has 180 valence electrons. The van der Waals surface area contributed by atoms with Gasteiger partial charge in [0.2, 0.25) is 0 Å². The van der Waals surface area contributed by atoms with Crippen LogP contribution in [0.25, 0.3) is 0 Å². The molecule has 1 aromatic rings. The summed E-state index contributed by atoms with van der Waals surface area (Å²) in [5.41, 5.74) is 0.570. The highest BCUT2D eigenvalue weighted by atomic mass is 16.5. The first-order valence-electron chi connectivity index (χ1n) is 10.6. The predicted octanol–water partition coefficient (Wildman–Crippen LogP) is -2.60. The maximum absolute atomic E-state index is 10.0. The van der Waals surface area contributed by atoms with Crippen LogP contribution in [0.3, 0.4) is 0 Å². The zero-order valence-electron chi connectivity index (χ0n) is 17.9. The first-order chi connectivity index (χ1) is 15.0. The fraction of sp³-hybridized carbons (Fsp3) is 0.895. The molecule has 0 radical (unpaired) electrons. The Morgan fingerprint density at radius 2 is 1.39 bits per heavy atom. The summed E-state index contributed by atoms with van der Waals surface area (Å²) in [4.78, 5) is 0. The Bertz CT molecular complexity index is 591. The molecule has 0 aromatic carbocycles. The Hall–Kier alpha value is -1.22. The zero-order chi connectivity index (χ0) is 22.6. The van der Waals surface area contributed by atoms with Crippen molar-refractivity contribution in [1.82, 2.24) is 20.3 Å². The highest BCUT2D eigenvalue weighted by Gasteiger charge is 2.47. The van der Waals surface area contributed by atoms with Gasteiger partial charge in [-0.25, -0.2) is 0 Å². The van der Waals surface area contributed by atoms with Crippen LogP contribution < -0.4 is 5.32 Å². The van der Waals surface area contributed by atoms with Gasteiger partial charge >= 0.3 is 0 Å². The van der Waals surface area contributed by atoms with Crippen LogP contribution in [0.2, 0.25) is 0 Å². The predicted molar refractivity (Wildman–Crippen MR) is 108 cm³/mol. The Kier molecular flexibility index (Phi) is 11.8. The van der Waals surface area contributed by atoms with Gasteiger partial charge in [0.05, 0.1) is 11.7 Å². The van der Waals surface area contributed by atoms with Crippen molar-refractivity contribution in [3.05, 3.63) is 11.9 Å². The lowest BCUT2D eigenvalue weighted by atomic mass is 9.83. The van der Waals surface area contributed by atoms with E-state index in [0.29, 0.717) is 45.3 Å². The number of nitrogens with zero attached hydrogens (tertiary/aromatic N) is 3. The molecule has 0 saturated heterocycles. The number of hydrogen-bond acceptors (Lipinski definition) is 11. The molecule has 2 rings (SSSR count). The molecule has 0 spiro atoms. The lowest BCUT2D eigenvalue weighted by Crippen LogP contribution is -2.67. The summed E-state index contributed by atoms with van der Waals surface area (Å²) in [6.07, 6.45) is -3.38. The fourth-order valence-corrected chi connectivity index (χ4v) is 3.33. The van der Waals surface area contributed by atoms with E-state index in [-0.39, 0.29) is 6.54 Å². The summed E-state index contributed by atoms with van der Waals surface area (Å²) in [5.74, 6) is 0. The van der Waals surface area contributed by atoms with Gasteiger partial charge in [-0.2, -0.15) is 0 Å². The Morgan fingerprint density at radius 1 is 0.839 bits per heavy atom. The molecule has 1 aliphatic carbocycles. The highest BCUT2D eigenvalue weighted by molar-refractivity contribution is 5.03. The lowest BCUT2D eigenvalue weighted by molar-refractivity contribution is -0.190. The highest BCUT2D eigenvalue weighted by Crippen LogP contribution is 2.21. The standard InChI is InChI=1S/C19H36N4O8/c1-29-6-3-8-31-10-4-9-30-7-2-5-23-12-13(21-22-23)11-20-14-15(24)17(26)19(28)18(27)16(14)25/h12,14-20,24-28H,2-11H2,1H3. The van der Waals surface area contributed by atoms with Crippen molar-refractivity contribution in [3.63, 3.8) is 0 Å². The molecule has 12 nitrogen and oxygen atoms in total. The average molecular weight is 449 g/mol. The molecule has 1 heterocycles. The molecule has 4 unspecified atom stereocenters. The van der Waals surface area contributed by atoms with Crippen LogP contribution in [0.4, 0.5) is 0 Å². The number of aromatic nitrogens is 3. The van der Waals surface area contributed by atoms with Crippen molar-refractivity contribution in [3.8, 4) is 0 Å². The van der Waals surface area contributed by atoms with Crippen LogP contribution in [0, 0.1) is 0 Å². The summed E-state index contributed by atoms with van der Waals surface area (Å²) in [5, 5.41) is 60.1. The molecule has 1 aliphatic rings. The number of aliphatic hydroxyl groups is 5. The molecule has 1 saturated carbocycles. The maximum Gasteiger partial charge on any atom is 0.111 e. The normalized spacial score (nSPS) is 28.8. The van der Waals surface area contributed by atoms with Crippen LogP contribution in [-0.4, -0.2) is 117 Å². The number of ether oxygens (including phenoxy) is 3. The van der Waals surface area contributed by atoms with E-state index in [1.807, 2.05) is 0 Å².